The van der Waals surface area contributed by atoms with Gasteiger partial charge in [0.25, 0.3) is 0 Å². The molecular weight excluding hydrogens is 263 g/mol. The molecule has 4 nitrogen and oxygen atoms in total. The molecule has 0 aromatic rings. The Bertz CT molecular complexity index is 45.3. The number of aliphatic hydroxyl groups is 3. The van der Waals surface area contributed by atoms with E-state index in [0.717, 1.165) is 0 Å². The van der Waals surface area contributed by atoms with E-state index in [1.54, 1.807) is 41.5 Å². The van der Waals surface area contributed by atoms with E-state index in [1.807, 2.05) is 0 Å². The van der Waals surface area contributed by atoms with Gasteiger partial charge >= 0.3 is 0 Å². The van der Waals surface area contributed by atoms with Gasteiger partial charge in [0, 0.05) is 44.5 Å². The molecule has 0 aromatic carbocycles. The molecule has 0 radical (unpaired) electrons. The Morgan fingerprint density at radius 2 is 0.571 bits per heavy atom. The molecule has 5 heteroatoms. The van der Waals surface area contributed by atoms with Crippen LogP contribution in [0.4, 0.5) is 0 Å². The maximum absolute atomic E-state index is 8.06. The van der Waals surface area contributed by atoms with Gasteiger partial charge < -0.3 is 20.8 Å². The fourth-order valence-corrected chi connectivity index (χ4v) is 0. The summed E-state index contributed by atoms with van der Waals surface area (Å²) in [5, 5.41) is 24.2. The summed E-state index contributed by atoms with van der Waals surface area (Å²) < 4.78 is 0. The van der Waals surface area contributed by atoms with Crippen molar-refractivity contribution in [3.8, 4) is 0 Å². The van der Waals surface area contributed by atoms with Crippen LogP contribution in [0.15, 0.2) is 0 Å². The van der Waals surface area contributed by atoms with Crippen molar-refractivity contribution in [2.24, 2.45) is 0 Å². The van der Waals surface area contributed by atoms with Crippen molar-refractivity contribution in [3.05, 3.63) is 0 Å². The molecule has 0 aliphatic rings. The zero-order chi connectivity index (χ0) is 10.7. The third-order valence-electron chi connectivity index (χ3n) is 0. The van der Waals surface area contributed by atoms with E-state index < -0.39 is 0 Å². The van der Waals surface area contributed by atoms with Crippen molar-refractivity contribution in [1.29, 1.82) is 0 Å². The predicted octanol–water partition coefficient (Wildman–Crippen LogP) is 0.334. The minimum absolute atomic E-state index is 0. The molecule has 0 spiro atoms. The molecule has 0 heterocycles. The van der Waals surface area contributed by atoms with Crippen LogP contribution in [-0.4, -0.2) is 39.1 Å². The molecule has 0 bridgehead atoms. The van der Waals surface area contributed by atoms with Crippen LogP contribution < -0.4 is 0 Å². The Morgan fingerprint density at radius 1 is 0.571 bits per heavy atom. The quantitative estimate of drug-likeness (QED) is 0.600. The first-order valence-electron chi connectivity index (χ1n) is 4.24. The van der Waals surface area contributed by atoms with Crippen molar-refractivity contribution in [2.75, 3.05) is 0 Å². The number of hydrogen-bond acceptors (Lipinski definition) is 3. The average Bonchev–Trinajstić information content (AvgIpc) is 1.54. The predicted molar refractivity (Wildman–Crippen MR) is 55.7 cm³/mol. The molecule has 0 rings (SSSR count). The molecule has 5 N–H and O–H groups in total. The van der Waals surface area contributed by atoms with Gasteiger partial charge in [-0.1, -0.05) is 0 Å². The molecule has 90 valence electrons. The fraction of sp³-hybridized carbons (Fsp3) is 1.00. The van der Waals surface area contributed by atoms with Gasteiger partial charge in [0.05, 0.1) is 0 Å². The molecule has 0 aromatic heterocycles. The standard InChI is InChI=1S/3C3H8O.H2O.Zr/c3*1-3(2)4;;/h3*3-4H,1-2H3;1H2;. The SMILES string of the molecule is CC(C)O.CC(C)O.CC(C)O.O.[Zr]. The summed E-state index contributed by atoms with van der Waals surface area (Å²) in [7, 11) is 0. The topological polar surface area (TPSA) is 92.2 Å². The Kier molecular flexibility index (Phi) is 49.2. The van der Waals surface area contributed by atoms with Gasteiger partial charge in [0.15, 0.2) is 0 Å². The van der Waals surface area contributed by atoms with Crippen LogP contribution in [-0.2, 0) is 26.2 Å². The van der Waals surface area contributed by atoms with Gasteiger partial charge in [-0.2, -0.15) is 0 Å². The summed E-state index contributed by atoms with van der Waals surface area (Å²) >= 11 is 0. The van der Waals surface area contributed by atoms with Crippen LogP contribution in [0.5, 0.6) is 0 Å². The largest absolute Gasteiger partial charge is 0.412 e. The molecule has 0 amide bonds. The molecule has 0 unspecified atom stereocenters. The summed E-state index contributed by atoms with van der Waals surface area (Å²) in [6.45, 7) is 10.3. The van der Waals surface area contributed by atoms with E-state index in [2.05, 4.69) is 0 Å². The molecule has 0 fully saturated rings. The minimum atomic E-state index is -0.167. The minimum Gasteiger partial charge on any atom is -0.412 e. The van der Waals surface area contributed by atoms with Crippen molar-refractivity contribution in [1.82, 2.24) is 0 Å². The van der Waals surface area contributed by atoms with E-state index in [4.69, 9.17) is 15.3 Å². The fourth-order valence-electron chi connectivity index (χ4n) is 0. The van der Waals surface area contributed by atoms with Crippen LogP contribution in [0.25, 0.3) is 0 Å². The van der Waals surface area contributed by atoms with Crippen molar-refractivity contribution < 1.29 is 47.0 Å². The second-order valence-corrected chi connectivity index (χ2v) is 3.28. The van der Waals surface area contributed by atoms with Crippen molar-refractivity contribution in [3.63, 3.8) is 0 Å². The number of aliphatic hydroxyl groups excluding tert-OH is 3. The number of hydrogen-bond donors (Lipinski definition) is 3. The van der Waals surface area contributed by atoms with E-state index in [-0.39, 0.29) is 50.0 Å². The van der Waals surface area contributed by atoms with E-state index in [1.165, 1.54) is 0 Å². The van der Waals surface area contributed by atoms with Crippen molar-refractivity contribution in [2.45, 2.75) is 59.9 Å². The Labute approximate surface area is 107 Å². The summed E-state index contributed by atoms with van der Waals surface area (Å²) in [5.41, 5.74) is 0. The monoisotopic (exact) mass is 288 g/mol. The molecule has 0 saturated heterocycles. The first-order chi connectivity index (χ1) is 5.20. The van der Waals surface area contributed by atoms with Crippen LogP contribution in [0.3, 0.4) is 0 Å². The normalized spacial score (nSPS) is 7.71. The van der Waals surface area contributed by atoms with E-state index >= 15 is 0 Å². The summed E-state index contributed by atoms with van der Waals surface area (Å²) in [5.74, 6) is 0. The summed E-state index contributed by atoms with van der Waals surface area (Å²) in [4.78, 5) is 0. The Morgan fingerprint density at radius 3 is 0.571 bits per heavy atom. The van der Waals surface area contributed by atoms with Crippen LogP contribution in [0.2, 0.25) is 0 Å². The molecule has 0 aliphatic heterocycles. The van der Waals surface area contributed by atoms with Crippen molar-refractivity contribution >= 4 is 0 Å². The smallest absolute Gasteiger partial charge is 0.0483 e. The molecule has 0 atom stereocenters. The first-order valence-corrected chi connectivity index (χ1v) is 4.24. The van der Waals surface area contributed by atoms with Gasteiger partial charge in [0.1, 0.15) is 0 Å². The maximum Gasteiger partial charge on any atom is 0.0483 e. The van der Waals surface area contributed by atoms with Gasteiger partial charge in [-0.25, -0.2) is 0 Å². The van der Waals surface area contributed by atoms with Gasteiger partial charge in [-0.15, -0.1) is 0 Å². The van der Waals surface area contributed by atoms with Gasteiger partial charge in [-0.05, 0) is 41.5 Å². The zero-order valence-electron chi connectivity index (χ0n) is 10.1. The second kappa shape index (κ2) is 23.5. The Hall–Kier alpha value is 0.723. The van der Waals surface area contributed by atoms with Gasteiger partial charge in [-0.3, -0.25) is 0 Å². The second-order valence-electron chi connectivity index (χ2n) is 3.28. The number of rotatable bonds is 0. The maximum atomic E-state index is 8.06. The van der Waals surface area contributed by atoms with E-state index in [9.17, 15) is 0 Å². The molecule has 0 aliphatic carbocycles. The zero-order valence-corrected chi connectivity index (χ0v) is 12.5. The molecular formula is C9H26O4Zr. The third-order valence-corrected chi connectivity index (χ3v) is 0. The van der Waals surface area contributed by atoms with Crippen LogP contribution in [0.1, 0.15) is 41.5 Å². The van der Waals surface area contributed by atoms with Crippen LogP contribution in [0, 0.1) is 0 Å². The summed E-state index contributed by atoms with van der Waals surface area (Å²) in [6, 6.07) is 0. The van der Waals surface area contributed by atoms with Gasteiger partial charge in [0.2, 0.25) is 0 Å². The Balaban J connectivity index is -0.0000000270. The first kappa shape index (κ1) is 29.3. The van der Waals surface area contributed by atoms with E-state index in [0.29, 0.717) is 0 Å². The molecule has 14 heavy (non-hydrogen) atoms. The van der Waals surface area contributed by atoms with Crippen LogP contribution >= 0.6 is 0 Å². The average molecular weight is 290 g/mol. The summed E-state index contributed by atoms with van der Waals surface area (Å²) in [6.07, 6.45) is -0.500. The third kappa shape index (κ3) is 3340. The molecule has 0 saturated carbocycles.